The maximum absolute atomic E-state index is 10.4. The fourth-order valence-electron chi connectivity index (χ4n) is 1.63. The van der Waals surface area contributed by atoms with Gasteiger partial charge in [-0.2, -0.15) is 0 Å². The summed E-state index contributed by atoms with van der Waals surface area (Å²) in [6, 6.07) is 11.6. The third-order valence-corrected chi connectivity index (χ3v) is 3.57. The molecule has 1 aromatic heterocycles. The topological polar surface area (TPSA) is 62.2 Å². The van der Waals surface area contributed by atoms with E-state index in [1.165, 1.54) is 0 Å². The van der Waals surface area contributed by atoms with Gasteiger partial charge >= 0.3 is 6.09 Å². The first-order chi connectivity index (χ1) is 9.65. The van der Waals surface area contributed by atoms with E-state index in [2.05, 4.69) is 32.9 Å². The highest BCUT2D eigenvalue weighted by molar-refractivity contribution is 14.1. The predicted octanol–water partition coefficient (Wildman–Crippen LogP) is 3.62. The molecule has 0 unspecified atom stereocenters. The number of rotatable bonds is 4. The van der Waals surface area contributed by atoms with Crippen molar-refractivity contribution in [1.29, 1.82) is 0 Å². The highest BCUT2D eigenvalue weighted by atomic mass is 127. The Labute approximate surface area is 130 Å². The second-order valence-corrected chi connectivity index (χ2v) is 5.14. The van der Waals surface area contributed by atoms with Gasteiger partial charge in [0.1, 0.15) is 3.70 Å². The van der Waals surface area contributed by atoms with Crippen LogP contribution in [-0.2, 0) is 6.54 Å². The third-order valence-electron chi connectivity index (χ3n) is 2.67. The van der Waals surface area contributed by atoms with E-state index in [9.17, 15) is 4.79 Å². The average Bonchev–Trinajstić information content (AvgIpc) is 2.45. The summed E-state index contributed by atoms with van der Waals surface area (Å²) in [5.74, 6) is 0. The molecule has 0 saturated carbocycles. The lowest BCUT2D eigenvalue weighted by Crippen LogP contribution is -2.19. The van der Waals surface area contributed by atoms with E-state index < -0.39 is 6.09 Å². The molecule has 20 heavy (non-hydrogen) atoms. The number of carbonyl (C=O) groups is 1. The average molecular weight is 380 g/mol. The molecular weight excluding hydrogens is 367 g/mol. The van der Waals surface area contributed by atoms with Gasteiger partial charge in [-0.05, 0) is 39.8 Å². The highest BCUT2D eigenvalue weighted by Crippen LogP contribution is 2.13. The Kier molecular flexibility index (Phi) is 5.11. The Morgan fingerprint density at radius 1 is 1.25 bits per heavy atom. The van der Waals surface area contributed by atoms with Crippen molar-refractivity contribution in [2.24, 2.45) is 0 Å². The lowest BCUT2D eigenvalue weighted by molar-refractivity contribution is 0.194. The van der Waals surface area contributed by atoms with Gasteiger partial charge in [-0.3, -0.25) is 0 Å². The number of benzene rings is 1. The highest BCUT2D eigenvalue weighted by Gasteiger charge is 1.97. The first kappa shape index (κ1) is 14.5. The second-order valence-electron chi connectivity index (χ2n) is 4.12. The molecule has 0 spiro atoms. The van der Waals surface area contributed by atoms with Crippen molar-refractivity contribution in [3.8, 4) is 0 Å². The summed E-state index contributed by atoms with van der Waals surface area (Å²) in [6.45, 7) is 0.319. The van der Waals surface area contributed by atoms with Gasteiger partial charge in [0.2, 0.25) is 0 Å². The molecule has 5 heteroatoms. The van der Waals surface area contributed by atoms with Gasteiger partial charge in [-0.1, -0.05) is 42.5 Å². The minimum absolute atomic E-state index is 0.319. The Morgan fingerprint density at radius 2 is 2.00 bits per heavy atom. The molecule has 0 fully saturated rings. The van der Waals surface area contributed by atoms with Crippen molar-refractivity contribution < 1.29 is 9.90 Å². The number of halogens is 1. The molecule has 0 aliphatic carbocycles. The largest absolute Gasteiger partial charge is 0.465 e. The summed E-state index contributed by atoms with van der Waals surface area (Å²) < 4.78 is 0.962. The molecule has 0 radical (unpaired) electrons. The van der Waals surface area contributed by atoms with Crippen LogP contribution in [0.15, 0.2) is 42.6 Å². The Hall–Kier alpha value is -1.89. The summed E-state index contributed by atoms with van der Waals surface area (Å²) in [6.07, 6.45) is 4.77. The lowest BCUT2D eigenvalue weighted by atomic mass is 10.1. The van der Waals surface area contributed by atoms with Crippen LogP contribution in [-0.4, -0.2) is 16.2 Å². The van der Waals surface area contributed by atoms with E-state index in [-0.39, 0.29) is 0 Å². The minimum Gasteiger partial charge on any atom is -0.465 e. The van der Waals surface area contributed by atoms with Crippen molar-refractivity contribution in [1.82, 2.24) is 10.3 Å². The zero-order valence-electron chi connectivity index (χ0n) is 10.6. The third kappa shape index (κ3) is 4.34. The van der Waals surface area contributed by atoms with Crippen molar-refractivity contribution >= 4 is 40.8 Å². The van der Waals surface area contributed by atoms with Crippen molar-refractivity contribution in [3.63, 3.8) is 0 Å². The quantitative estimate of drug-likeness (QED) is 0.629. The SMILES string of the molecule is O=C(O)NCc1ccc(/C=C/c2cccnc2I)cc1. The van der Waals surface area contributed by atoms with Gasteiger partial charge < -0.3 is 10.4 Å². The summed E-state index contributed by atoms with van der Waals surface area (Å²) in [4.78, 5) is 14.6. The van der Waals surface area contributed by atoms with Crippen LogP contribution in [0.5, 0.6) is 0 Å². The molecule has 0 bridgehead atoms. The number of nitrogens with zero attached hydrogens (tertiary/aromatic N) is 1. The van der Waals surface area contributed by atoms with Crippen LogP contribution in [0.25, 0.3) is 12.2 Å². The predicted molar refractivity (Wildman–Crippen MR) is 87.2 cm³/mol. The fraction of sp³-hybridized carbons (Fsp3) is 0.0667. The van der Waals surface area contributed by atoms with E-state index in [1.54, 1.807) is 6.20 Å². The zero-order chi connectivity index (χ0) is 14.4. The number of aromatic nitrogens is 1. The molecule has 2 rings (SSSR count). The van der Waals surface area contributed by atoms with E-state index in [0.717, 1.165) is 20.4 Å². The Balaban J connectivity index is 2.04. The van der Waals surface area contributed by atoms with E-state index in [0.29, 0.717) is 6.54 Å². The van der Waals surface area contributed by atoms with Gasteiger partial charge in [0.15, 0.2) is 0 Å². The Bertz CT molecular complexity index is 624. The molecule has 1 heterocycles. The summed E-state index contributed by atoms with van der Waals surface area (Å²) in [7, 11) is 0. The van der Waals surface area contributed by atoms with Gasteiger partial charge in [0.25, 0.3) is 0 Å². The van der Waals surface area contributed by atoms with E-state index in [1.807, 2.05) is 48.6 Å². The molecule has 2 aromatic rings. The van der Waals surface area contributed by atoms with E-state index >= 15 is 0 Å². The number of hydrogen-bond donors (Lipinski definition) is 2. The first-order valence-electron chi connectivity index (χ1n) is 5.99. The van der Waals surface area contributed by atoms with Crippen LogP contribution < -0.4 is 5.32 Å². The maximum atomic E-state index is 10.4. The van der Waals surface area contributed by atoms with Crippen molar-refractivity contribution in [3.05, 3.63) is 63.0 Å². The zero-order valence-corrected chi connectivity index (χ0v) is 12.7. The lowest BCUT2D eigenvalue weighted by Gasteiger charge is -2.02. The maximum Gasteiger partial charge on any atom is 0.404 e. The molecule has 2 N–H and O–H groups in total. The standard InChI is InChI=1S/C15H13IN2O2/c16-14-13(2-1-9-17-14)8-7-11-3-5-12(6-4-11)10-18-15(19)20/h1-9,18H,10H2,(H,19,20)/b8-7+. The number of nitrogens with one attached hydrogen (secondary N) is 1. The molecule has 0 atom stereocenters. The number of amides is 1. The van der Waals surface area contributed by atoms with Crippen LogP contribution in [0.4, 0.5) is 4.79 Å². The Morgan fingerprint density at radius 3 is 2.65 bits per heavy atom. The van der Waals surface area contributed by atoms with Gasteiger partial charge in [0, 0.05) is 18.3 Å². The molecule has 1 aromatic carbocycles. The monoisotopic (exact) mass is 380 g/mol. The smallest absolute Gasteiger partial charge is 0.404 e. The molecule has 0 saturated heterocycles. The first-order valence-corrected chi connectivity index (χ1v) is 7.07. The van der Waals surface area contributed by atoms with Crippen LogP contribution in [0, 0.1) is 3.70 Å². The molecule has 4 nitrogen and oxygen atoms in total. The molecule has 1 amide bonds. The van der Waals surface area contributed by atoms with Gasteiger partial charge in [0.05, 0.1) is 0 Å². The van der Waals surface area contributed by atoms with Crippen LogP contribution >= 0.6 is 22.6 Å². The number of hydrogen-bond acceptors (Lipinski definition) is 2. The molecule has 0 aliphatic heterocycles. The van der Waals surface area contributed by atoms with Gasteiger partial charge in [-0.25, -0.2) is 9.78 Å². The summed E-state index contributed by atoms with van der Waals surface area (Å²) in [5, 5.41) is 10.9. The molecule has 102 valence electrons. The minimum atomic E-state index is -1.01. The van der Waals surface area contributed by atoms with Gasteiger partial charge in [-0.15, -0.1) is 0 Å². The molecular formula is C15H13IN2O2. The van der Waals surface area contributed by atoms with E-state index in [4.69, 9.17) is 5.11 Å². The number of carboxylic acid groups (broad SMARTS) is 1. The fourth-order valence-corrected chi connectivity index (χ4v) is 2.15. The van der Waals surface area contributed by atoms with Crippen LogP contribution in [0.1, 0.15) is 16.7 Å². The van der Waals surface area contributed by atoms with Crippen LogP contribution in [0.3, 0.4) is 0 Å². The van der Waals surface area contributed by atoms with Crippen LogP contribution in [0.2, 0.25) is 0 Å². The van der Waals surface area contributed by atoms with Crippen molar-refractivity contribution in [2.75, 3.05) is 0 Å². The summed E-state index contributed by atoms with van der Waals surface area (Å²) >= 11 is 2.20. The molecule has 0 aliphatic rings. The van der Waals surface area contributed by atoms with Crippen molar-refractivity contribution in [2.45, 2.75) is 6.54 Å². The second kappa shape index (κ2) is 7.04. The number of pyridine rings is 1. The summed E-state index contributed by atoms with van der Waals surface area (Å²) in [5.41, 5.74) is 3.06. The normalized spacial score (nSPS) is 10.7.